The summed E-state index contributed by atoms with van der Waals surface area (Å²) in [5.41, 5.74) is 6.70. The topological polar surface area (TPSA) is 122 Å². The quantitative estimate of drug-likeness (QED) is 0.572. The van der Waals surface area contributed by atoms with Crippen LogP contribution in [0.15, 0.2) is 35.5 Å². The summed E-state index contributed by atoms with van der Waals surface area (Å²) in [5, 5.41) is 11.9. The molecule has 1 aliphatic heterocycles. The third-order valence-electron chi connectivity index (χ3n) is 3.53. The van der Waals surface area contributed by atoms with Gasteiger partial charge in [0.05, 0.1) is 32.3 Å². The Morgan fingerprint density at radius 3 is 2.79 bits per heavy atom. The third kappa shape index (κ3) is 3.90. The van der Waals surface area contributed by atoms with Crippen LogP contribution < -0.4 is 11.1 Å². The standard InChI is InChI=1S/C16H19N3O5/c1-24-16(23)12-9-19(5-6-20)15(22)14(12)18-11-4-2-3-10(7-11)8-13(17)21/h2-4,7,18,20H,5-6,8-9H2,1H3,(H2,17,21). The maximum atomic E-state index is 12.4. The number of aliphatic hydroxyl groups is 1. The largest absolute Gasteiger partial charge is 0.466 e. The Labute approximate surface area is 138 Å². The predicted octanol–water partition coefficient (Wildman–Crippen LogP) is -0.612. The van der Waals surface area contributed by atoms with Gasteiger partial charge in [-0.05, 0) is 17.7 Å². The molecule has 1 aromatic rings. The van der Waals surface area contributed by atoms with E-state index in [0.29, 0.717) is 11.3 Å². The van der Waals surface area contributed by atoms with Gasteiger partial charge < -0.3 is 25.8 Å². The van der Waals surface area contributed by atoms with Crippen LogP contribution in [0.3, 0.4) is 0 Å². The molecule has 0 fully saturated rings. The molecule has 0 radical (unpaired) electrons. The minimum absolute atomic E-state index is 0.0649. The third-order valence-corrected chi connectivity index (χ3v) is 3.53. The van der Waals surface area contributed by atoms with E-state index in [1.165, 1.54) is 12.0 Å². The van der Waals surface area contributed by atoms with Gasteiger partial charge in [-0.25, -0.2) is 4.79 Å². The average molecular weight is 333 g/mol. The molecule has 4 N–H and O–H groups in total. The molecule has 24 heavy (non-hydrogen) atoms. The molecule has 0 aromatic heterocycles. The van der Waals surface area contributed by atoms with Gasteiger partial charge in [-0.15, -0.1) is 0 Å². The minimum atomic E-state index is -0.611. The van der Waals surface area contributed by atoms with E-state index in [1.54, 1.807) is 24.3 Å². The van der Waals surface area contributed by atoms with Crippen molar-refractivity contribution in [3.05, 3.63) is 41.1 Å². The fourth-order valence-electron chi connectivity index (χ4n) is 2.45. The van der Waals surface area contributed by atoms with Crippen molar-refractivity contribution in [3.8, 4) is 0 Å². The molecule has 0 atom stereocenters. The highest BCUT2D eigenvalue weighted by molar-refractivity contribution is 6.08. The van der Waals surface area contributed by atoms with Crippen LogP contribution >= 0.6 is 0 Å². The summed E-state index contributed by atoms with van der Waals surface area (Å²) in [6.45, 7) is -0.0246. The Bertz CT molecular complexity index is 699. The van der Waals surface area contributed by atoms with Crippen molar-refractivity contribution in [2.45, 2.75) is 6.42 Å². The van der Waals surface area contributed by atoms with E-state index in [2.05, 4.69) is 5.32 Å². The molecule has 2 amide bonds. The number of nitrogens with one attached hydrogen (secondary N) is 1. The molecule has 8 nitrogen and oxygen atoms in total. The van der Waals surface area contributed by atoms with Crippen molar-refractivity contribution in [2.75, 3.05) is 32.1 Å². The second-order valence-corrected chi connectivity index (χ2v) is 5.26. The van der Waals surface area contributed by atoms with Crippen LogP contribution in [-0.2, 0) is 25.5 Å². The molecular formula is C16H19N3O5. The fourth-order valence-corrected chi connectivity index (χ4v) is 2.45. The van der Waals surface area contributed by atoms with Crippen LogP contribution in [0.25, 0.3) is 0 Å². The first-order valence-corrected chi connectivity index (χ1v) is 7.32. The van der Waals surface area contributed by atoms with Gasteiger partial charge in [0, 0.05) is 12.2 Å². The number of esters is 1. The number of nitrogens with zero attached hydrogens (tertiary/aromatic N) is 1. The van der Waals surface area contributed by atoms with Crippen LogP contribution in [0.1, 0.15) is 5.56 Å². The smallest absolute Gasteiger partial charge is 0.337 e. The van der Waals surface area contributed by atoms with Crippen LogP contribution in [0.2, 0.25) is 0 Å². The molecule has 1 aromatic carbocycles. The lowest BCUT2D eigenvalue weighted by atomic mass is 10.1. The first-order chi connectivity index (χ1) is 11.5. The number of aliphatic hydroxyl groups excluding tert-OH is 1. The normalized spacial score (nSPS) is 14.1. The van der Waals surface area contributed by atoms with E-state index in [1.807, 2.05) is 0 Å². The number of rotatable bonds is 7. The molecule has 0 saturated carbocycles. The van der Waals surface area contributed by atoms with Crippen molar-refractivity contribution in [1.29, 1.82) is 0 Å². The van der Waals surface area contributed by atoms with E-state index >= 15 is 0 Å². The Morgan fingerprint density at radius 2 is 2.17 bits per heavy atom. The Hall–Kier alpha value is -2.87. The number of ether oxygens (including phenoxy) is 1. The zero-order valence-electron chi connectivity index (χ0n) is 13.2. The second kappa shape index (κ2) is 7.60. The number of primary amides is 1. The average Bonchev–Trinajstić information content (AvgIpc) is 2.84. The summed E-state index contributed by atoms with van der Waals surface area (Å²) in [5.74, 6) is -1.47. The lowest BCUT2D eigenvalue weighted by molar-refractivity contribution is -0.136. The zero-order chi connectivity index (χ0) is 17.7. The molecule has 0 aliphatic carbocycles. The molecule has 1 aliphatic rings. The van der Waals surface area contributed by atoms with Gasteiger partial charge in [-0.3, -0.25) is 9.59 Å². The van der Waals surface area contributed by atoms with E-state index in [4.69, 9.17) is 15.6 Å². The molecule has 2 rings (SSSR count). The molecule has 1 heterocycles. The summed E-state index contributed by atoms with van der Waals surface area (Å²) in [4.78, 5) is 36.7. The van der Waals surface area contributed by atoms with Gasteiger partial charge in [0.1, 0.15) is 5.70 Å². The summed E-state index contributed by atoms with van der Waals surface area (Å²) in [6.07, 6.45) is 0.0724. The fraction of sp³-hybridized carbons (Fsp3) is 0.312. The summed E-state index contributed by atoms with van der Waals surface area (Å²) in [6, 6.07) is 6.83. The molecule has 0 unspecified atom stereocenters. The molecule has 0 bridgehead atoms. The summed E-state index contributed by atoms with van der Waals surface area (Å²) < 4.78 is 4.71. The molecule has 128 valence electrons. The molecule has 0 spiro atoms. The number of hydrogen-bond acceptors (Lipinski definition) is 6. The van der Waals surface area contributed by atoms with E-state index in [-0.39, 0.29) is 37.4 Å². The first kappa shape index (κ1) is 17.5. The van der Waals surface area contributed by atoms with Crippen LogP contribution in [0.5, 0.6) is 0 Å². The van der Waals surface area contributed by atoms with Crippen molar-refractivity contribution >= 4 is 23.5 Å². The zero-order valence-corrected chi connectivity index (χ0v) is 13.2. The summed E-state index contributed by atoms with van der Waals surface area (Å²) in [7, 11) is 1.24. The summed E-state index contributed by atoms with van der Waals surface area (Å²) >= 11 is 0. The Balaban J connectivity index is 2.28. The van der Waals surface area contributed by atoms with E-state index in [0.717, 1.165) is 0 Å². The number of hydrogen-bond donors (Lipinski definition) is 3. The number of benzene rings is 1. The van der Waals surface area contributed by atoms with Gasteiger partial charge >= 0.3 is 5.97 Å². The van der Waals surface area contributed by atoms with Crippen molar-refractivity contribution in [3.63, 3.8) is 0 Å². The lowest BCUT2D eigenvalue weighted by Crippen LogP contribution is -2.31. The molecule has 8 heteroatoms. The monoisotopic (exact) mass is 333 g/mol. The predicted molar refractivity (Wildman–Crippen MR) is 85.7 cm³/mol. The number of carbonyl (C=O) groups is 3. The number of carbonyl (C=O) groups excluding carboxylic acids is 3. The maximum Gasteiger partial charge on any atom is 0.337 e. The van der Waals surface area contributed by atoms with Crippen LogP contribution in [-0.4, -0.2) is 54.6 Å². The van der Waals surface area contributed by atoms with E-state index < -0.39 is 17.8 Å². The van der Waals surface area contributed by atoms with Crippen LogP contribution in [0, 0.1) is 0 Å². The van der Waals surface area contributed by atoms with Gasteiger partial charge in [0.25, 0.3) is 5.91 Å². The highest BCUT2D eigenvalue weighted by atomic mass is 16.5. The second-order valence-electron chi connectivity index (χ2n) is 5.26. The minimum Gasteiger partial charge on any atom is -0.466 e. The number of β-amino-alcohol motifs (C(OH)–C–C–N with tert-alkyl or cyclic N) is 1. The molecule has 0 saturated heterocycles. The van der Waals surface area contributed by atoms with Gasteiger partial charge in [-0.1, -0.05) is 12.1 Å². The lowest BCUT2D eigenvalue weighted by Gasteiger charge is -2.15. The highest BCUT2D eigenvalue weighted by Gasteiger charge is 2.34. The number of amides is 2. The molecular weight excluding hydrogens is 314 g/mol. The van der Waals surface area contributed by atoms with E-state index in [9.17, 15) is 14.4 Å². The van der Waals surface area contributed by atoms with Gasteiger partial charge in [0.2, 0.25) is 5.91 Å². The number of nitrogens with two attached hydrogens (primary N) is 1. The van der Waals surface area contributed by atoms with Crippen molar-refractivity contribution in [2.24, 2.45) is 5.73 Å². The maximum absolute atomic E-state index is 12.4. The highest BCUT2D eigenvalue weighted by Crippen LogP contribution is 2.23. The van der Waals surface area contributed by atoms with Crippen molar-refractivity contribution in [1.82, 2.24) is 4.90 Å². The first-order valence-electron chi connectivity index (χ1n) is 7.32. The van der Waals surface area contributed by atoms with Gasteiger partial charge in [0.15, 0.2) is 0 Å². The van der Waals surface area contributed by atoms with Gasteiger partial charge in [-0.2, -0.15) is 0 Å². The Kier molecular flexibility index (Phi) is 5.54. The SMILES string of the molecule is COC(=O)C1=C(Nc2cccc(CC(N)=O)c2)C(=O)N(CCO)C1. The Morgan fingerprint density at radius 1 is 1.42 bits per heavy atom. The number of anilines is 1. The number of methoxy groups -OCH3 is 1. The van der Waals surface area contributed by atoms with Crippen LogP contribution in [0.4, 0.5) is 5.69 Å². The van der Waals surface area contributed by atoms with Crippen molar-refractivity contribution < 1.29 is 24.2 Å².